The SMILES string of the molecule is CC(C)(C)OC(=O)N1Cc2nc(NC(=O)Cc3ccc(S(C)(=O)=O)cc3)sc2C1. The fraction of sp³-hybridized carbons (Fsp3) is 0.421. The van der Waals surface area contributed by atoms with Crippen molar-refractivity contribution in [3.8, 4) is 0 Å². The maximum atomic E-state index is 12.3. The van der Waals surface area contributed by atoms with Crippen LogP contribution in [0.2, 0.25) is 0 Å². The Bertz CT molecular complexity index is 1010. The highest BCUT2D eigenvalue weighted by molar-refractivity contribution is 7.90. The number of sulfone groups is 1. The van der Waals surface area contributed by atoms with Gasteiger partial charge in [0.2, 0.25) is 5.91 Å². The van der Waals surface area contributed by atoms with Crippen LogP contribution in [0.25, 0.3) is 0 Å². The second kappa shape index (κ2) is 7.75. The molecule has 3 rings (SSSR count). The minimum Gasteiger partial charge on any atom is -0.444 e. The summed E-state index contributed by atoms with van der Waals surface area (Å²) in [5, 5.41) is 3.25. The van der Waals surface area contributed by atoms with Gasteiger partial charge in [0.05, 0.1) is 35.0 Å². The number of carbonyl (C=O) groups is 2. The van der Waals surface area contributed by atoms with E-state index in [1.54, 1.807) is 17.0 Å². The number of nitrogens with zero attached hydrogens (tertiary/aromatic N) is 2. The monoisotopic (exact) mass is 437 g/mol. The minimum atomic E-state index is -3.26. The lowest BCUT2D eigenvalue weighted by molar-refractivity contribution is -0.115. The van der Waals surface area contributed by atoms with Crippen molar-refractivity contribution in [3.63, 3.8) is 0 Å². The third kappa shape index (κ3) is 5.54. The topological polar surface area (TPSA) is 106 Å². The smallest absolute Gasteiger partial charge is 0.410 e. The number of nitrogens with one attached hydrogen (secondary N) is 1. The van der Waals surface area contributed by atoms with E-state index in [0.29, 0.717) is 23.8 Å². The Labute approximate surface area is 173 Å². The first kappa shape index (κ1) is 21.3. The van der Waals surface area contributed by atoms with E-state index < -0.39 is 15.4 Å². The van der Waals surface area contributed by atoms with Crippen LogP contribution in [-0.2, 0) is 38.9 Å². The lowest BCUT2D eigenvalue weighted by Gasteiger charge is -2.24. The van der Waals surface area contributed by atoms with Crippen molar-refractivity contribution in [1.82, 2.24) is 9.88 Å². The molecule has 2 heterocycles. The number of hydrogen-bond donors (Lipinski definition) is 1. The van der Waals surface area contributed by atoms with Crippen LogP contribution in [0.15, 0.2) is 29.2 Å². The number of ether oxygens (including phenoxy) is 1. The molecule has 0 saturated heterocycles. The van der Waals surface area contributed by atoms with Gasteiger partial charge in [0.15, 0.2) is 15.0 Å². The summed E-state index contributed by atoms with van der Waals surface area (Å²) in [5.41, 5.74) is 0.905. The molecule has 10 heteroatoms. The van der Waals surface area contributed by atoms with Gasteiger partial charge in [-0.1, -0.05) is 23.5 Å². The molecule has 8 nitrogen and oxygen atoms in total. The van der Waals surface area contributed by atoms with E-state index >= 15 is 0 Å². The number of anilines is 1. The Kier molecular flexibility index (Phi) is 5.68. The van der Waals surface area contributed by atoms with Crippen LogP contribution in [0.4, 0.5) is 9.93 Å². The first-order valence-corrected chi connectivity index (χ1v) is 11.7. The predicted octanol–water partition coefficient (Wildman–Crippen LogP) is 2.98. The fourth-order valence-electron chi connectivity index (χ4n) is 2.75. The van der Waals surface area contributed by atoms with Crippen molar-refractivity contribution in [2.45, 2.75) is 50.8 Å². The molecule has 1 aliphatic heterocycles. The summed E-state index contributed by atoms with van der Waals surface area (Å²) in [5.74, 6) is -0.242. The van der Waals surface area contributed by atoms with Crippen LogP contribution >= 0.6 is 11.3 Å². The molecule has 0 aliphatic carbocycles. The van der Waals surface area contributed by atoms with E-state index in [1.165, 1.54) is 23.5 Å². The maximum absolute atomic E-state index is 12.3. The van der Waals surface area contributed by atoms with Gasteiger partial charge in [-0.15, -0.1) is 0 Å². The Balaban J connectivity index is 1.56. The summed E-state index contributed by atoms with van der Waals surface area (Å²) in [6, 6.07) is 6.22. The predicted molar refractivity (Wildman–Crippen MR) is 109 cm³/mol. The minimum absolute atomic E-state index is 0.109. The van der Waals surface area contributed by atoms with Gasteiger partial charge < -0.3 is 10.1 Å². The summed E-state index contributed by atoms with van der Waals surface area (Å²) in [6.07, 6.45) is 0.865. The van der Waals surface area contributed by atoms with Crippen molar-refractivity contribution in [3.05, 3.63) is 40.4 Å². The zero-order valence-electron chi connectivity index (χ0n) is 16.7. The summed E-state index contributed by atoms with van der Waals surface area (Å²) in [6.45, 7) is 6.21. The third-order valence-corrected chi connectivity index (χ3v) is 6.19. The van der Waals surface area contributed by atoms with Crippen LogP contribution in [0.1, 0.15) is 36.9 Å². The molecule has 0 saturated carbocycles. The number of fused-ring (bicyclic) bond motifs is 1. The quantitative estimate of drug-likeness (QED) is 0.788. The molecule has 156 valence electrons. The zero-order chi connectivity index (χ0) is 21.4. The van der Waals surface area contributed by atoms with E-state index in [-0.39, 0.29) is 23.3 Å². The van der Waals surface area contributed by atoms with Crippen molar-refractivity contribution < 1.29 is 22.7 Å². The largest absolute Gasteiger partial charge is 0.444 e. The van der Waals surface area contributed by atoms with Crippen LogP contribution < -0.4 is 5.32 Å². The standard InChI is InChI=1S/C19H23N3O5S2/c1-19(2,3)27-18(24)22-10-14-15(11-22)28-17(20-14)21-16(23)9-12-5-7-13(8-6-12)29(4,25)26/h5-8H,9-11H2,1-4H3,(H,20,21,23). The molecule has 1 aromatic heterocycles. The Morgan fingerprint density at radius 1 is 1.21 bits per heavy atom. The molecule has 0 radical (unpaired) electrons. The van der Waals surface area contributed by atoms with E-state index in [0.717, 1.165) is 16.8 Å². The number of thiazole rings is 1. The van der Waals surface area contributed by atoms with Gasteiger partial charge in [-0.25, -0.2) is 18.2 Å². The van der Waals surface area contributed by atoms with Crippen molar-refractivity contribution in [1.29, 1.82) is 0 Å². The zero-order valence-corrected chi connectivity index (χ0v) is 18.3. The normalized spacial score (nSPS) is 13.9. The Hall–Kier alpha value is -2.46. The molecule has 1 aliphatic rings. The van der Waals surface area contributed by atoms with Crippen LogP contribution in [0, 0.1) is 0 Å². The van der Waals surface area contributed by atoms with Crippen LogP contribution in [0.3, 0.4) is 0 Å². The highest BCUT2D eigenvalue weighted by Crippen LogP contribution is 2.32. The molecule has 0 unspecified atom stereocenters. The molecule has 2 amide bonds. The number of amides is 2. The number of aromatic nitrogens is 1. The molecular formula is C19H23N3O5S2. The molecule has 0 atom stereocenters. The average Bonchev–Trinajstić information content (AvgIpc) is 3.11. The number of hydrogen-bond acceptors (Lipinski definition) is 7. The summed E-state index contributed by atoms with van der Waals surface area (Å²) >= 11 is 1.33. The Morgan fingerprint density at radius 2 is 1.86 bits per heavy atom. The van der Waals surface area contributed by atoms with Gasteiger partial charge in [0.1, 0.15) is 5.60 Å². The van der Waals surface area contributed by atoms with Gasteiger partial charge in [0, 0.05) is 6.26 Å². The number of carbonyl (C=O) groups excluding carboxylic acids is 2. The third-order valence-electron chi connectivity index (χ3n) is 4.07. The van der Waals surface area contributed by atoms with Gasteiger partial charge >= 0.3 is 6.09 Å². The van der Waals surface area contributed by atoms with Gasteiger partial charge in [-0.3, -0.25) is 9.69 Å². The van der Waals surface area contributed by atoms with Gasteiger partial charge in [-0.05, 0) is 38.5 Å². The lowest BCUT2D eigenvalue weighted by atomic mass is 10.1. The van der Waals surface area contributed by atoms with E-state index in [1.807, 2.05) is 20.8 Å². The van der Waals surface area contributed by atoms with E-state index in [9.17, 15) is 18.0 Å². The summed E-state index contributed by atoms with van der Waals surface area (Å²) in [4.78, 5) is 31.5. The molecule has 1 aromatic carbocycles. The molecule has 2 aromatic rings. The molecule has 0 spiro atoms. The van der Waals surface area contributed by atoms with Crippen LogP contribution in [-0.4, -0.2) is 42.2 Å². The first-order chi connectivity index (χ1) is 13.4. The average molecular weight is 438 g/mol. The van der Waals surface area contributed by atoms with Crippen molar-refractivity contribution >= 4 is 38.3 Å². The van der Waals surface area contributed by atoms with E-state index in [2.05, 4.69) is 10.3 Å². The summed E-state index contributed by atoms with van der Waals surface area (Å²) < 4.78 is 28.4. The fourth-order valence-corrected chi connectivity index (χ4v) is 4.39. The van der Waals surface area contributed by atoms with Gasteiger partial charge in [0.25, 0.3) is 0 Å². The highest BCUT2D eigenvalue weighted by Gasteiger charge is 2.30. The second-order valence-electron chi connectivity index (χ2n) is 7.87. The molecule has 0 bridgehead atoms. The van der Waals surface area contributed by atoms with Crippen LogP contribution in [0.5, 0.6) is 0 Å². The Morgan fingerprint density at radius 3 is 2.41 bits per heavy atom. The van der Waals surface area contributed by atoms with E-state index in [4.69, 9.17) is 4.74 Å². The number of benzene rings is 1. The molecule has 29 heavy (non-hydrogen) atoms. The molecule has 1 N–H and O–H groups in total. The first-order valence-electron chi connectivity index (χ1n) is 8.96. The lowest BCUT2D eigenvalue weighted by Crippen LogP contribution is -2.33. The summed E-state index contributed by atoms with van der Waals surface area (Å²) in [7, 11) is -3.26. The number of rotatable bonds is 4. The molecular weight excluding hydrogens is 414 g/mol. The highest BCUT2D eigenvalue weighted by atomic mass is 32.2. The maximum Gasteiger partial charge on any atom is 0.410 e. The second-order valence-corrected chi connectivity index (χ2v) is 11.0. The van der Waals surface area contributed by atoms with Gasteiger partial charge in [-0.2, -0.15) is 0 Å². The molecule has 0 fully saturated rings. The van der Waals surface area contributed by atoms with Crippen molar-refractivity contribution in [2.24, 2.45) is 0 Å². The van der Waals surface area contributed by atoms with Crippen molar-refractivity contribution in [2.75, 3.05) is 11.6 Å².